The minimum atomic E-state index is -0.416. The summed E-state index contributed by atoms with van der Waals surface area (Å²) >= 11 is 0. The number of nitrogens with zero attached hydrogens (tertiary/aromatic N) is 3. The van der Waals surface area contributed by atoms with Gasteiger partial charge in [0.1, 0.15) is 11.4 Å². The van der Waals surface area contributed by atoms with Gasteiger partial charge in [-0.15, -0.1) is 0 Å². The van der Waals surface area contributed by atoms with Crippen LogP contribution in [-0.2, 0) is 0 Å². The molecule has 0 amide bonds. The predicted octanol–water partition coefficient (Wildman–Crippen LogP) is 6.49. The van der Waals surface area contributed by atoms with Gasteiger partial charge in [-0.05, 0) is 31.2 Å². The number of carbonyl (C=O) groups excluding carboxylic acids is 1. The van der Waals surface area contributed by atoms with Crippen LogP contribution in [0.25, 0.3) is 39.1 Å². The van der Waals surface area contributed by atoms with Gasteiger partial charge in [0.05, 0.1) is 17.0 Å². The molecule has 0 atom stereocenters. The molecule has 0 spiro atoms. The van der Waals surface area contributed by atoms with E-state index >= 15 is 0 Å². The molecule has 6 heteroatoms. The Morgan fingerprint density at radius 2 is 1.71 bits per heavy atom. The SMILES string of the molecule is Cc1ccc(C(=O)c2oc3ccc(F)cc3c2-c2ccn3nc(-c4ccccc4)cc3n2)cc1. The molecule has 0 aliphatic carbocycles. The zero-order valence-corrected chi connectivity index (χ0v) is 18.2. The van der Waals surface area contributed by atoms with Crippen molar-refractivity contribution in [3.63, 3.8) is 0 Å². The van der Waals surface area contributed by atoms with Gasteiger partial charge in [0.15, 0.2) is 11.4 Å². The zero-order valence-electron chi connectivity index (χ0n) is 18.2. The van der Waals surface area contributed by atoms with E-state index in [2.05, 4.69) is 5.10 Å². The molecule has 3 aromatic heterocycles. The summed E-state index contributed by atoms with van der Waals surface area (Å²) in [6, 6.07) is 24.9. The van der Waals surface area contributed by atoms with Crippen LogP contribution >= 0.6 is 0 Å². The lowest BCUT2D eigenvalue weighted by Crippen LogP contribution is -2.02. The number of hydrogen-bond acceptors (Lipinski definition) is 4. The van der Waals surface area contributed by atoms with E-state index in [0.29, 0.717) is 33.4 Å². The number of furan rings is 1. The fourth-order valence-electron chi connectivity index (χ4n) is 4.09. The van der Waals surface area contributed by atoms with Gasteiger partial charge in [0.2, 0.25) is 5.78 Å². The summed E-state index contributed by atoms with van der Waals surface area (Å²) in [4.78, 5) is 18.2. The van der Waals surface area contributed by atoms with Gasteiger partial charge in [-0.2, -0.15) is 5.10 Å². The molecule has 0 saturated carbocycles. The van der Waals surface area contributed by atoms with Crippen LogP contribution in [0.3, 0.4) is 0 Å². The number of halogens is 1. The summed E-state index contributed by atoms with van der Waals surface area (Å²) in [7, 11) is 0. The first-order valence-electron chi connectivity index (χ1n) is 10.8. The van der Waals surface area contributed by atoms with Gasteiger partial charge in [0.25, 0.3) is 0 Å². The van der Waals surface area contributed by atoms with E-state index in [0.717, 1.165) is 16.8 Å². The van der Waals surface area contributed by atoms with Crippen molar-refractivity contribution in [3.05, 3.63) is 114 Å². The van der Waals surface area contributed by atoms with Crippen molar-refractivity contribution < 1.29 is 13.6 Å². The predicted molar refractivity (Wildman–Crippen MR) is 128 cm³/mol. The third-order valence-corrected chi connectivity index (χ3v) is 5.82. The molecule has 3 aromatic carbocycles. The molecule has 0 radical (unpaired) electrons. The quantitative estimate of drug-likeness (QED) is 0.290. The summed E-state index contributed by atoms with van der Waals surface area (Å²) < 4.78 is 21.8. The molecule has 6 aromatic rings. The minimum Gasteiger partial charge on any atom is -0.452 e. The van der Waals surface area contributed by atoms with E-state index in [-0.39, 0.29) is 11.5 Å². The Balaban J connectivity index is 1.54. The Morgan fingerprint density at radius 1 is 0.912 bits per heavy atom. The molecule has 0 aliphatic rings. The standard InChI is InChI=1S/C28H18FN3O2/c1-17-7-9-19(10-8-17)27(33)28-26(21-15-20(29)11-12-24(21)34-28)22-13-14-32-25(30-22)16-23(31-32)18-5-3-2-4-6-18/h2-16H,1H3. The average molecular weight is 447 g/mol. The summed E-state index contributed by atoms with van der Waals surface area (Å²) in [5.41, 5.74) is 5.29. The maximum Gasteiger partial charge on any atom is 0.228 e. The fourth-order valence-corrected chi connectivity index (χ4v) is 4.09. The number of benzene rings is 3. The molecule has 0 aliphatic heterocycles. The number of fused-ring (bicyclic) bond motifs is 2. The maximum atomic E-state index is 14.2. The van der Waals surface area contributed by atoms with Crippen molar-refractivity contribution in [1.82, 2.24) is 14.6 Å². The molecular formula is C28H18FN3O2. The number of aromatic nitrogens is 3. The van der Waals surface area contributed by atoms with Gasteiger partial charge in [-0.25, -0.2) is 13.9 Å². The summed E-state index contributed by atoms with van der Waals surface area (Å²) in [6.07, 6.45) is 1.78. The van der Waals surface area contributed by atoms with Crippen LogP contribution in [0.5, 0.6) is 0 Å². The fraction of sp³-hybridized carbons (Fsp3) is 0.0357. The van der Waals surface area contributed by atoms with Crippen molar-refractivity contribution >= 4 is 22.4 Å². The molecular weight excluding hydrogens is 429 g/mol. The highest BCUT2D eigenvalue weighted by Gasteiger charge is 2.25. The molecule has 0 unspecified atom stereocenters. The van der Waals surface area contributed by atoms with Gasteiger partial charge in [-0.3, -0.25) is 4.79 Å². The molecule has 0 bridgehead atoms. The lowest BCUT2D eigenvalue weighted by Gasteiger charge is -2.04. The molecule has 5 nitrogen and oxygen atoms in total. The Bertz CT molecular complexity index is 1680. The summed E-state index contributed by atoms with van der Waals surface area (Å²) in [6.45, 7) is 1.96. The Labute approximate surface area is 194 Å². The molecule has 6 rings (SSSR count). The van der Waals surface area contributed by atoms with E-state index < -0.39 is 5.82 Å². The molecule has 3 heterocycles. The number of hydrogen-bond donors (Lipinski definition) is 0. The van der Waals surface area contributed by atoms with Crippen LogP contribution in [0, 0.1) is 12.7 Å². The van der Waals surface area contributed by atoms with E-state index in [1.54, 1.807) is 28.9 Å². The molecule has 0 saturated heterocycles. The van der Waals surface area contributed by atoms with Gasteiger partial charge in [-0.1, -0.05) is 60.2 Å². The monoisotopic (exact) mass is 447 g/mol. The van der Waals surface area contributed by atoms with E-state index in [1.165, 1.54) is 18.2 Å². The minimum absolute atomic E-state index is 0.129. The molecule has 0 fully saturated rings. The van der Waals surface area contributed by atoms with Crippen LogP contribution < -0.4 is 0 Å². The first-order valence-corrected chi connectivity index (χ1v) is 10.8. The second kappa shape index (κ2) is 7.78. The van der Waals surface area contributed by atoms with Crippen molar-refractivity contribution in [3.8, 4) is 22.5 Å². The lowest BCUT2D eigenvalue weighted by molar-refractivity contribution is 0.101. The topological polar surface area (TPSA) is 60.4 Å². The Hall–Kier alpha value is -4.58. The van der Waals surface area contributed by atoms with Crippen LogP contribution in [0.2, 0.25) is 0 Å². The lowest BCUT2D eigenvalue weighted by atomic mass is 10.0. The summed E-state index contributed by atoms with van der Waals surface area (Å²) in [5, 5.41) is 5.09. The largest absolute Gasteiger partial charge is 0.452 e. The first-order chi connectivity index (χ1) is 16.6. The highest BCUT2D eigenvalue weighted by Crippen LogP contribution is 2.36. The van der Waals surface area contributed by atoms with E-state index in [9.17, 15) is 9.18 Å². The number of rotatable bonds is 4. The van der Waals surface area contributed by atoms with Crippen molar-refractivity contribution in [2.75, 3.05) is 0 Å². The summed E-state index contributed by atoms with van der Waals surface area (Å²) in [5.74, 6) is -0.573. The average Bonchev–Trinajstić information content (AvgIpc) is 3.45. The van der Waals surface area contributed by atoms with E-state index in [4.69, 9.17) is 9.40 Å². The Kier molecular flexibility index (Phi) is 4.59. The van der Waals surface area contributed by atoms with Gasteiger partial charge >= 0.3 is 0 Å². The van der Waals surface area contributed by atoms with Crippen molar-refractivity contribution in [2.45, 2.75) is 6.92 Å². The zero-order chi connectivity index (χ0) is 23.2. The first kappa shape index (κ1) is 20.1. The number of carbonyl (C=O) groups is 1. The van der Waals surface area contributed by atoms with E-state index in [1.807, 2.05) is 55.5 Å². The number of ketones is 1. The Morgan fingerprint density at radius 3 is 2.50 bits per heavy atom. The van der Waals surface area contributed by atoms with Gasteiger partial charge < -0.3 is 4.42 Å². The second-order valence-electron chi connectivity index (χ2n) is 8.15. The van der Waals surface area contributed by atoms with Crippen LogP contribution in [0.15, 0.2) is 95.5 Å². The molecule has 164 valence electrons. The van der Waals surface area contributed by atoms with Crippen LogP contribution in [-0.4, -0.2) is 20.4 Å². The third-order valence-electron chi connectivity index (χ3n) is 5.82. The van der Waals surface area contributed by atoms with Crippen molar-refractivity contribution in [2.24, 2.45) is 0 Å². The molecule has 34 heavy (non-hydrogen) atoms. The molecule has 0 N–H and O–H groups in total. The third kappa shape index (κ3) is 3.36. The van der Waals surface area contributed by atoms with Crippen LogP contribution in [0.1, 0.15) is 21.7 Å². The smallest absolute Gasteiger partial charge is 0.228 e. The maximum absolute atomic E-state index is 14.2. The second-order valence-corrected chi connectivity index (χ2v) is 8.15. The van der Waals surface area contributed by atoms with Gasteiger partial charge in [0, 0.05) is 28.8 Å². The normalized spacial score (nSPS) is 11.4. The van der Waals surface area contributed by atoms with Crippen molar-refractivity contribution in [1.29, 1.82) is 0 Å². The van der Waals surface area contributed by atoms with Crippen LogP contribution in [0.4, 0.5) is 4.39 Å². The highest BCUT2D eigenvalue weighted by molar-refractivity contribution is 6.15. The number of aryl methyl sites for hydroxylation is 1. The highest BCUT2D eigenvalue weighted by atomic mass is 19.1.